The van der Waals surface area contributed by atoms with Crippen molar-refractivity contribution >= 4 is 23.2 Å². The van der Waals surface area contributed by atoms with Crippen LogP contribution in [0.15, 0.2) is 36.4 Å². The van der Waals surface area contributed by atoms with E-state index >= 15 is 0 Å². The number of halogens is 3. The first-order valence-electron chi connectivity index (χ1n) is 7.79. The third-order valence-electron chi connectivity index (χ3n) is 4.03. The molecule has 3 rings (SSSR count). The number of anilines is 2. The second-order valence-corrected chi connectivity index (χ2v) is 5.73. The highest BCUT2D eigenvalue weighted by Crippen LogP contribution is 2.27. The molecule has 0 saturated carbocycles. The molecule has 2 aromatic carbocycles. The first-order chi connectivity index (χ1) is 12.0. The number of hydrogen-bond acceptors (Lipinski definition) is 2. The molecule has 0 aromatic heterocycles. The zero-order chi connectivity index (χ0) is 18.0. The molecule has 0 radical (unpaired) electrons. The zero-order valence-electron chi connectivity index (χ0n) is 13.2. The van der Waals surface area contributed by atoms with Crippen molar-refractivity contribution in [2.45, 2.75) is 19.3 Å². The summed E-state index contributed by atoms with van der Waals surface area (Å²) in [4.78, 5) is 25.9. The molecule has 0 spiro atoms. The van der Waals surface area contributed by atoms with Crippen molar-refractivity contribution in [3.63, 3.8) is 0 Å². The largest absolute Gasteiger partial charge is 0.323 e. The highest BCUT2D eigenvalue weighted by atomic mass is 19.2. The van der Waals surface area contributed by atoms with Crippen molar-refractivity contribution in [1.29, 1.82) is 0 Å². The minimum Gasteiger partial charge on any atom is -0.323 e. The van der Waals surface area contributed by atoms with Gasteiger partial charge in [0.25, 0.3) is 0 Å². The monoisotopic (exact) mass is 348 g/mol. The molecule has 1 aliphatic heterocycles. The van der Waals surface area contributed by atoms with E-state index in [4.69, 9.17) is 0 Å². The Morgan fingerprint density at radius 3 is 2.60 bits per heavy atom. The number of hydrogen-bond donors (Lipinski definition) is 1. The van der Waals surface area contributed by atoms with Gasteiger partial charge in [0.2, 0.25) is 11.8 Å². The number of nitrogens with zero attached hydrogens (tertiary/aromatic N) is 1. The van der Waals surface area contributed by atoms with Crippen LogP contribution < -0.4 is 10.2 Å². The molecule has 130 valence electrons. The normalized spacial score (nSPS) is 13.3. The Labute approximate surface area is 142 Å². The second kappa shape index (κ2) is 6.96. The van der Waals surface area contributed by atoms with E-state index in [9.17, 15) is 22.8 Å². The van der Waals surface area contributed by atoms with Crippen LogP contribution in [0.2, 0.25) is 0 Å². The summed E-state index contributed by atoms with van der Waals surface area (Å²) in [5.41, 5.74) is 1.27. The molecule has 0 atom stereocenters. The molecule has 0 unspecified atom stereocenters. The molecule has 0 bridgehead atoms. The summed E-state index contributed by atoms with van der Waals surface area (Å²) in [6, 6.07) is 9.03. The van der Waals surface area contributed by atoms with Crippen molar-refractivity contribution in [2.24, 2.45) is 0 Å². The third kappa shape index (κ3) is 3.50. The quantitative estimate of drug-likeness (QED) is 0.683. The van der Waals surface area contributed by atoms with Crippen molar-refractivity contribution in [2.75, 3.05) is 16.8 Å². The van der Waals surface area contributed by atoms with Gasteiger partial charge in [-0.25, -0.2) is 13.2 Å². The van der Waals surface area contributed by atoms with E-state index in [-0.39, 0.29) is 0 Å². The van der Waals surface area contributed by atoms with Crippen LogP contribution >= 0.6 is 0 Å². The van der Waals surface area contributed by atoms with E-state index in [2.05, 4.69) is 5.32 Å². The Hall–Kier alpha value is -2.83. The molecule has 0 aliphatic carbocycles. The summed E-state index contributed by atoms with van der Waals surface area (Å²) in [5.74, 6) is -5.75. The fraction of sp³-hybridized carbons (Fsp3) is 0.222. The lowest BCUT2D eigenvalue weighted by Gasteiger charge is -2.29. The molecule has 1 heterocycles. The molecule has 25 heavy (non-hydrogen) atoms. The number of amides is 2. The number of para-hydroxylation sites is 1. The van der Waals surface area contributed by atoms with E-state index < -0.39 is 41.4 Å². The average Bonchev–Trinajstić information content (AvgIpc) is 2.61. The molecule has 0 saturated heterocycles. The van der Waals surface area contributed by atoms with Crippen LogP contribution in [-0.4, -0.2) is 18.4 Å². The summed E-state index contributed by atoms with van der Waals surface area (Å²) >= 11 is 0. The SMILES string of the molecule is O=C(CC(=O)N1CCCc2ccccc21)Nc1ccc(F)c(F)c1F. The summed E-state index contributed by atoms with van der Waals surface area (Å²) in [6.07, 6.45) is 1.11. The van der Waals surface area contributed by atoms with Crippen LogP contribution in [0.4, 0.5) is 24.5 Å². The first kappa shape index (κ1) is 17.0. The van der Waals surface area contributed by atoms with Gasteiger partial charge in [0.15, 0.2) is 17.5 Å². The molecule has 4 nitrogen and oxygen atoms in total. The van der Waals surface area contributed by atoms with Crippen LogP contribution in [-0.2, 0) is 16.0 Å². The Morgan fingerprint density at radius 1 is 1.04 bits per heavy atom. The highest BCUT2D eigenvalue weighted by molar-refractivity contribution is 6.09. The molecular formula is C18H15F3N2O2. The van der Waals surface area contributed by atoms with Gasteiger partial charge in [-0.2, -0.15) is 0 Å². The summed E-state index contributed by atoms with van der Waals surface area (Å²) in [7, 11) is 0. The Morgan fingerprint density at radius 2 is 1.80 bits per heavy atom. The number of rotatable bonds is 3. The number of aryl methyl sites for hydroxylation is 1. The van der Waals surface area contributed by atoms with Crippen LogP contribution in [0.25, 0.3) is 0 Å². The van der Waals surface area contributed by atoms with Gasteiger partial charge in [-0.15, -0.1) is 0 Å². The summed E-state index contributed by atoms with van der Waals surface area (Å²) < 4.78 is 39.7. The summed E-state index contributed by atoms with van der Waals surface area (Å²) in [6.45, 7) is 0.489. The van der Waals surface area contributed by atoms with Gasteiger partial charge in [0, 0.05) is 12.2 Å². The number of nitrogens with one attached hydrogen (secondary N) is 1. The summed E-state index contributed by atoms with van der Waals surface area (Å²) in [5, 5.41) is 2.10. The van der Waals surface area contributed by atoms with E-state index in [1.807, 2.05) is 12.1 Å². The smallest absolute Gasteiger partial charge is 0.236 e. The van der Waals surface area contributed by atoms with Gasteiger partial charge in [-0.05, 0) is 36.6 Å². The van der Waals surface area contributed by atoms with Gasteiger partial charge in [0.05, 0.1) is 5.69 Å². The lowest BCUT2D eigenvalue weighted by molar-refractivity contribution is -0.125. The van der Waals surface area contributed by atoms with Crippen molar-refractivity contribution in [1.82, 2.24) is 0 Å². The first-order valence-corrected chi connectivity index (χ1v) is 7.79. The van der Waals surface area contributed by atoms with Crippen molar-refractivity contribution in [3.05, 3.63) is 59.4 Å². The standard InChI is InChI=1S/C18H15F3N2O2/c19-12-7-8-13(18(21)17(12)20)22-15(24)10-16(25)23-9-3-5-11-4-1-2-6-14(11)23/h1-2,4,6-8H,3,5,9-10H2,(H,22,24). The maximum Gasteiger partial charge on any atom is 0.236 e. The van der Waals surface area contributed by atoms with Gasteiger partial charge in [-0.3, -0.25) is 9.59 Å². The Kier molecular flexibility index (Phi) is 4.74. The van der Waals surface area contributed by atoms with Crippen LogP contribution in [0.5, 0.6) is 0 Å². The van der Waals surface area contributed by atoms with Crippen molar-refractivity contribution < 1.29 is 22.8 Å². The van der Waals surface area contributed by atoms with Gasteiger partial charge in [0.1, 0.15) is 6.42 Å². The minimum absolute atomic E-state index is 0.437. The topological polar surface area (TPSA) is 49.4 Å². The van der Waals surface area contributed by atoms with E-state index in [1.54, 1.807) is 12.1 Å². The maximum atomic E-state index is 13.6. The van der Waals surface area contributed by atoms with Crippen molar-refractivity contribution in [3.8, 4) is 0 Å². The van der Waals surface area contributed by atoms with Crippen LogP contribution in [0.3, 0.4) is 0 Å². The molecule has 2 amide bonds. The van der Waals surface area contributed by atoms with Crippen LogP contribution in [0, 0.1) is 17.5 Å². The number of carbonyl (C=O) groups excluding carboxylic acids is 2. The number of carbonyl (C=O) groups is 2. The minimum atomic E-state index is -1.67. The lowest BCUT2D eigenvalue weighted by atomic mass is 10.0. The molecule has 0 fully saturated rings. The Balaban J connectivity index is 1.70. The molecule has 7 heteroatoms. The lowest BCUT2D eigenvalue weighted by Crippen LogP contribution is -2.37. The molecule has 2 aromatic rings. The van der Waals surface area contributed by atoms with E-state index in [0.717, 1.165) is 30.2 Å². The average molecular weight is 348 g/mol. The fourth-order valence-electron chi connectivity index (χ4n) is 2.84. The fourth-order valence-corrected chi connectivity index (χ4v) is 2.84. The highest BCUT2D eigenvalue weighted by Gasteiger charge is 2.24. The second-order valence-electron chi connectivity index (χ2n) is 5.73. The van der Waals surface area contributed by atoms with Gasteiger partial charge < -0.3 is 10.2 Å². The molecule has 1 aliphatic rings. The predicted octanol–water partition coefficient (Wildman–Crippen LogP) is 3.41. The van der Waals surface area contributed by atoms with Crippen LogP contribution in [0.1, 0.15) is 18.4 Å². The zero-order valence-corrected chi connectivity index (χ0v) is 13.2. The van der Waals surface area contributed by atoms with Gasteiger partial charge in [-0.1, -0.05) is 18.2 Å². The number of fused-ring (bicyclic) bond motifs is 1. The molecule has 1 N–H and O–H groups in total. The molecular weight excluding hydrogens is 333 g/mol. The van der Waals surface area contributed by atoms with E-state index in [1.165, 1.54) is 4.90 Å². The maximum absolute atomic E-state index is 13.6. The number of benzene rings is 2. The van der Waals surface area contributed by atoms with Gasteiger partial charge >= 0.3 is 0 Å². The third-order valence-corrected chi connectivity index (χ3v) is 4.03. The predicted molar refractivity (Wildman–Crippen MR) is 86.7 cm³/mol. The Bertz CT molecular complexity index is 839. The van der Waals surface area contributed by atoms with E-state index in [0.29, 0.717) is 12.6 Å².